The summed E-state index contributed by atoms with van der Waals surface area (Å²) in [6, 6.07) is 8.05. The molecule has 0 saturated carbocycles. The minimum absolute atomic E-state index is 0.549. The van der Waals surface area contributed by atoms with Gasteiger partial charge >= 0.3 is 0 Å². The number of guanidine groups is 1. The van der Waals surface area contributed by atoms with Crippen molar-refractivity contribution >= 4 is 5.96 Å². The van der Waals surface area contributed by atoms with Gasteiger partial charge in [0.2, 0.25) is 0 Å². The Balaban J connectivity index is 2.04. The number of nitrogens with zero attached hydrogens (tertiary/aromatic N) is 2. The Morgan fingerprint density at radius 1 is 1.25 bits per heavy atom. The van der Waals surface area contributed by atoms with Crippen molar-refractivity contribution in [2.45, 2.75) is 40.3 Å². The topological polar surface area (TPSA) is 71.7 Å². The SMILES string of the molecule is CCCOc1cc(C)ccc1CN=C(NCC)NCc1ccon1. The van der Waals surface area contributed by atoms with Gasteiger partial charge in [-0.25, -0.2) is 4.99 Å². The molecule has 0 aliphatic rings. The zero-order chi connectivity index (χ0) is 17.2. The maximum Gasteiger partial charge on any atom is 0.191 e. The molecule has 0 aliphatic carbocycles. The lowest BCUT2D eigenvalue weighted by molar-refractivity contribution is 0.314. The quantitative estimate of drug-likeness (QED) is 0.575. The molecule has 0 saturated heterocycles. The molecule has 2 rings (SSSR count). The molecule has 0 aliphatic heterocycles. The third kappa shape index (κ3) is 5.61. The Labute approximate surface area is 143 Å². The first-order valence-electron chi connectivity index (χ1n) is 8.36. The Morgan fingerprint density at radius 2 is 2.12 bits per heavy atom. The molecule has 0 atom stereocenters. The van der Waals surface area contributed by atoms with Crippen LogP contribution in [-0.2, 0) is 13.1 Å². The monoisotopic (exact) mass is 330 g/mol. The van der Waals surface area contributed by atoms with Gasteiger partial charge in [0.25, 0.3) is 0 Å². The summed E-state index contributed by atoms with van der Waals surface area (Å²) in [7, 11) is 0. The number of ether oxygens (including phenoxy) is 1. The number of aryl methyl sites for hydroxylation is 1. The van der Waals surface area contributed by atoms with Crippen LogP contribution in [0.15, 0.2) is 40.0 Å². The lowest BCUT2D eigenvalue weighted by atomic mass is 10.1. The zero-order valence-corrected chi connectivity index (χ0v) is 14.6. The van der Waals surface area contributed by atoms with Gasteiger partial charge in [0, 0.05) is 18.2 Å². The summed E-state index contributed by atoms with van der Waals surface area (Å²) < 4.78 is 10.7. The first-order chi connectivity index (χ1) is 11.7. The number of hydrogen-bond acceptors (Lipinski definition) is 4. The number of rotatable bonds is 8. The highest BCUT2D eigenvalue weighted by Gasteiger charge is 2.05. The van der Waals surface area contributed by atoms with Crippen LogP contribution in [0.4, 0.5) is 0 Å². The van der Waals surface area contributed by atoms with E-state index in [0.717, 1.165) is 35.9 Å². The predicted molar refractivity (Wildman–Crippen MR) is 95.1 cm³/mol. The first-order valence-corrected chi connectivity index (χ1v) is 8.36. The second kappa shape index (κ2) is 9.60. The van der Waals surface area contributed by atoms with Crippen molar-refractivity contribution in [2.75, 3.05) is 13.2 Å². The van der Waals surface area contributed by atoms with Crippen molar-refractivity contribution < 1.29 is 9.26 Å². The van der Waals surface area contributed by atoms with Crippen LogP contribution in [-0.4, -0.2) is 24.3 Å². The highest BCUT2D eigenvalue weighted by molar-refractivity contribution is 5.79. The van der Waals surface area contributed by atoms with Crippen LogP contribution >= 0.6 is 0 Å². The average Bonchev–Trinajstić information content (AvgIpc) is 3.10. The number of benzene rings is 1. The maximum atomic E-state index is 5.85. The Bertz CT molecular complexity index is 638. The zero-order valence-electron chi connectivity index (χ0n) is 14.6. The van der Waals surface area contributed by atoms with Gasteiger partial charge in [0.15, 0.2) is 5.96 Å². The molecule has 2 aromatic rings. The van der Waals surface area contributed by atoms with E-state index in [1.807, 2.05) is 13.0 Å². The van der Waals surface area contributed by atoms with E-state index in [1.54, 1.807) is 6.26 Å². The van der Waals surface area contributed by atoms with Gasteiger partial charge in [0.1, 0.15) is 17.7 Å². The predicted octanol–water partition coefficient (Wildman–Crippen LogP) is 3.03. The molecule has 6 nitrogen and oxygen atoms in total. The van der Waals surface area contributed by atoms with Crippen molar-refractivity contribution in [3.63, 3.8) is 0 Å². The number of hydrogen-bond donors (Lipinski definition) is 2. The highest BCUT2D eigenvalue weighted by atomic mass is 16.5. The van der Waals surface area contributed by atoms with E-state index in [1.165, 1.54) is 5.56 Å². The molecule has 0 bridgehead atoms. The number of nitrogens with one attached hydrogen (secondary N) is 2. The average molecular weight is 330 g/mol. The summed E-state index contributed by atoms with van der Waals surface area (Å²) >= 11 is 0. The molecule has 0 spiro atoms. The van der Waals surface area contributed by atoms with E-state index in [-0.39, 0.29) is 0 Å². The van der Waals surface area contributed by atoms with Crippen LogP contribution in [0.5, 0.6) is 5.75 Å². The van der Waals surface area contributed by atoms with Gasteiger partial charge in [-0.2, -0.15) is 0 Å². The fourth-order valence-corrected chi connectivity index (χ4v) is 2.15. The molecule has 0 radical (unpaired) electrons. The molecular weight excluding hydrogens is 304 g/mol. The van der Waals surface area contributed by atoms with Gasteiger partial charge < -0.3 is 19.9 Å². The lowest BCUT2D eigenvalue weighted by Crippen LogP contribution is -2.36. The molecule has 0 amide bonds. The molecule has 2 N–H and O–H groups in total. The summed E-state index contributed by atoms with van der Waals surface area (Å²) in [5.41, 5.74) is 3.10. The minimum atomic E-state index is 0.549. The van der Waals surface area contributed by atoms with E-state index in [2.05, 4.69) is 52.8 Å². The molecule has 0 unspecified atom stereocenters. The Kier molecular flexibility index (Phi) is 7.14. The smallest absolute Gasteiger partial charge is 0.191 e. The summed E-state index contributed by atoms with van der Waals surface area (Å²) in [6.07, 6.45) is 2.54. The van der Waals surface area contributed by atoms with Crippen LogP contribution in [0.2, 0.25) is 0 Å². The summed E-state index contributed by atoms with van der Waals surface area (Å²) in [5.74, 6) is 1.65. The molecule has 0 fully saturated rings. The molecular formula is C18H26N4O2. The Hall–Kier alpha value is -2.50. The van der Waals surface area contributed by atoms with Crippen molar-refractivity contribution in [1.82, 2.24) is 15.8 Å². The third-order valence-corrected chi connectivity index (χ3v) is 3.36. The highest BCUT2D eigenvalue weighted by Crippen LogP contribution is 2.21. The fourth-order valence-electron chi connectivity index (χ4n) is 2.15. The van der Waals surface area contributed by atoms with Crippen molar-refractivity contribution in [1.29, 1.82) is 0 Å². The summed E-state index contributed by atoms with van der Waals surface area (Å²) in [5, 5.41) is 10.4. The first kappa shape index (κ1) is 17.8. The van der Waals surface area contributed by atoms with Gasteiger partial charge in [-0.3, -0.25) is 0 Å². The fraction of sp³-hybridized carbons (Fsp3) is 0.444. The van der Waals surface area contributed by atoms with Gasteiger partial charge in [-0.05, 0) is 31.9 Å². The number of aliphatic imine (C=N–C) groups is 1. The van der Waals surface area contributed by atoms with E-state index in [9.17, 15) is 0 Å². The van der Waals surface area contributed by atoms with Gasteiger partial charge in [-0.15, -0.1) is 0 Å². The van der Waals surface area contributed by atoms with E-state index in [4.69, 9.17) is 9.26 Å². The van der Waals surface area contributed by atoms with Crippen LogP contribution in [0, 0.1) is 6.92 Å². The molecule has 1 aromatic carbocycles. The minimum Gasteiger partial charge on any atom is -0.493 e. The second-order valence-corrected chi connectivity index (χ2v) is 5.50. The van der Waals surface area contributed by atoms with Crippen LogP contribution < -0.4 is 15.4 Å². The van der Waals surface area contributed by atoms with E-state index in [0.29, 0.717) is 19.7 Å². The molecule has 130 valence electrons. The number of aromatic nitrogens is 1. The van der Waals surface area contributed by atoms with Crippen molar-refractivity contribution in [3.8, 4) is 5.75 Å². The molecule has 24 heavy (non-hydrogen) atoms. The van der Waals surface area contributed by atoms with E-state index < -0.39 is 0 Å². The normalized spacial score (nSPS) is 11.4. The van der Waals surface area contributed by atoms with Crippen LogP contribution in [0.25, 0.3) is 0 Å². The van der Waals surface area contributed by atoms with E-state index >= 15 is 0 Å². The molecule has 1 aromatic heterocycles. The Morgan fingerprint density at radius 3 is 2.83 bits per heavy atom. The maximum absolute atomic E-state index is 5.85. The van der Waals surface area contributed by atoms with Crippen molar-refractivity contribution in [3.05, 3.63) is 47.3 Å². The second-order valence-electron chi connectivity index (χ2n) is 5.50. The van der Waals surface area contributed by atoms with Gasteiger partial charge in [-0.1, -0.05) is 24.2 Å². The van der Waals surface area contributed by atoms with Crippen LogP contribution in [0.1, 0.15) is 37.1 Å². The van der Waals surface area contributed by atoms with Crippen molar-refractivity contribution in [2.24, 2.45) is 4.99 Å². The van der Waals surface area contributed by atoms with Crippen LogP contribution in [0.3, 0.4) is 0 Å². The largest absolute Gasteiger partial charge is 0.493 e. The summed E-state index contributed by atoms with van der Waals surface area (Å²) in [6.45, 7) is 8.82. The van der Waals surface area contributed by atoms with Gasteiger partial charge in [0.05, 0.1) is 19.7 Å². The lowest BCUT2D eigenvalue weighted by Gasteiger charge is -2.13. The standard InChI is InChI=1S/C18H26N4O2/c1-4-9-23-17-11-14(3)6-7-15(17)12-20-18(19-5-2)21-13-16-8-10-24-22-16/h6-8,10-11H,4-5,9,12-13H2,1-3H3,(H2,19,20,21). The molecule has 6 heteroatoms. The molecule has 1 heterocycles. The summed E-state index contributed by atoms with van der Waals surface area (Å²) in [4.78, 5) is 4.64. The third-order valence-electron chi connectivity index (χ3n) is 3.36.